The van der Waals surface area contributed by atoms with Gasteiger partial charge < -0.3 is 15.8 Å². The molecule has 6 heteroatoms. The van der Waals surface area contributed by atoms with Crippen LogP contribution in [-0.4, -0.2) is 30.6 Å². The third-order valence-corrected chi connectivity index (χ3v) is 2.03. The highest BCUT2D eigenvalue weighted by Gasteiger charge is 2.13. The number of carbonyl (C=O) groups is 1. The molecule has 0 aliphatic rings. The third kappa shape index (κ3) is 3.10. The van der Waals surface area contributed by atoms with Crippen LogP contribution in [0, 0.1) is 0 Å². The average molecular weight is 201 g/mol. The lowest BCUT2D eigenvalue weighted by Gasteiger charge is -2.08. The van der Waals surface area contributed by atoms with Crippen LogP contribution in [0.5, 0.6) is 0 Å². The SMILES string of the molecule is COCC(N)C(=O)Nc1nccs1. The van der Waals surface area contributed by atoms with Gasteiger partial charge in [-0.3, -0.25) is 4.79 Å². The predicted molar refractivity (Wildman–Crippen MR) is 50.6 cm³/mol. The van der Waals surface area contributed by atoms with Crippen molar-refractivity contribution in [2.75, 3.05) is 19.0 Å². The second-order valence-corrected chi connectivity index (χ2v) is 3.28. The Bertz CT molecular complexity index is 263. The summed E-state index contributed by atoms with van der Waals surface area (Å²) < 4.78 is 4.74. The zero-order valence-corrected chi connectivity index (χ0v) is 8.00. The number of rotatable bonds is 4. The van der Waals surface area contributed by atoms with E-state index >= 15 is 0 Å². The Morgan fingerprint density at radius 3 is 3.23 bits per heavy atom. The molecule has 1 heterocycles. The molecule has 5 nitrogen and oxygen atoms in total. The Balaban J connectivity index is 2.41. The number of ether oxygens (including phenoxy) is 1. The molecule has 0 bridgehead atoms. The molecule has 13 heavy (non-hydrogen) atoms. The summed E-state index contributed by atoms with van der Waals surface area (Å²) in [4.78, 5) is 15.1. The molecule has 0 saturated heterocycles. The molecular formula is C7H11N3O2S. The van der Waals surface area contributed by atoms with Gasteiger partial charge in [0.2, 0.25) is 5.91 Å². The lowest BCUT2D eigenvalue weighted by molar-refractivity contribution is -0.118. The zero-order chi connectivity index (χ0) is 9.68. The standard InChI is InChI=1S/C7H11N3O2S/c1-12-4-5(8)6(11)10-7-9-2-3-13-7/h2-3,5H,4,8H2,1H3,(H,9,10,11). The molecule has 1 rings (SSSR count). The molecule has 1 aromatic heterocycles. The fraction of sp³-hybridized carbons (Fsp3) is 0.429. The molecule has 0 spiro atoms. The second-order valence-electron chi connectivity index (χ2n) is 2.39. The Labute approximate surface area is 79.9 Å². The van der Waals surface area contributed by atoms with Crippen molar-refractivity contribution in [2.45, 2.75) is 6.04 Å². The normalized spacial score (nSPS) is 12.5. The quantitative estimate of drug-likeness (QED) is 0.722. The van der Waals surface area contributed by atoms with Crippen molar-refractivity contribution in [1.82, 2.24) is 4.98 Å². The van der Waals surface area contributed by atoms with E-state index < -0.39 is 6.04 Å². The molecule has 0 aliphatic carbocycles. The van der Waals surface area contributed by atoms with Gasteiger partial charge in [-0.05, 0) is 0 Å². The number of nitrogens with zero attached hydrogens (tertiary/aromatic N) is 1. The summed E-state index contributed by atoms with van der Waals surface area (Å²) in [5, 5.41) is 4.90. The van der Waals surface area contributed by atoms with Gasteiger partial charge in [0.25, 0.3) is 0 Å². The molecule has 0 radical (unpaired) electrons. The minimum atomic E-state index is -0.645. The maximum atomic E-state index is 11.3. The van der Waals surface area contributed by atoms with Crippen LogP contribution in [0.2, 0.25) is 0 Å². The van der Waals surface area contributed by atoms with Crippen molar-refractivity contribution in [3.05, 3.63) is 11.6 Å². The fourth-order valence-corrected chi connectivity index (χ4v) is 1.27. The van der Waals surface area contributed by atoms with E-state index in [1.165, 1.54) is 18.4 Å². The lowest BCUT2D eigenvalue weighted by Crippen LogP contribution is -2.39. The first-order chi connectivity index (χ1) is 6.24. The van der Waals surface area contributed by atoms with E-state index in [1.807, 2.05) is 0 Å². The summed E-state index contributed by atoms with van der Waals surface area (Å²) in [6.45, 7) is 0.206. The zero-order valence-electron chi connectivity index (χ0n) is 7.19. The summed E-state index contributed by atoms with van der Waals surface area (Å²) in [5.41, 5.74) is 5.48. The first-order valence-corrected chi connectivity index (χ1v) is 4.57. The van der Waals surface area contributed by atoms with Crippen molar-refractivity contribution in [1.29, 1.82) is 0 Å². The van der Waals surface area contributed by atoms with E-state index in [0.717, 1.165) is 0 Å². The first kappa shape index (κ1) is 10.1. The van der Waals surface area contributed by atoms with Gasteiger partial charge in [0.05, 0.1) is 6.61 Å². The molecule has 0 aromatic carbocycles. The molecule has 0 aliphatic heterocycles. The average Bonchev–Trinajstić information content (AvgIpc) is 2.57. The largest absolute Gasteiger partial charge is 0.383 e. The minimum absolute atomic E-state index is 0.206. The van der Waals surface area contributed by atoms with E-state index in [1.54, 1.807) is 11.6 Å². The van der Waals surface area contributed by atoms with Gasteiger partial charge in [-0.1, -0.05) is 0 Å². The van der Waals surface area contributed by atoms with Crippen LogP contribution in [0.4, 0.5) is 5.13 Å². The Hall–Kier alpha value is -0.980. The summed E-state index contributed by atoms with van der Waals surface area (Å²) in [5.74, 6) is -0.281. The second kappa shape index (κ2) is 4.90. The molecule has 72 valence electrons. The van der Waals surface area contributed by atoms with Crippen LogP contribution < -0.4 is 11.1 Å². The van der Waals surface area contributed by atoms with Crippen molar-refractivity contribution in [3.63, 3.8) is 0 Å². The Morgan fingerprint density at radius 1 is 1.92 bits per heavy atom. The molecular weight excluding hydrogens is 190 g/mol. The van der Waals surface area contributed by atoms with Crippen LogP contribution in [0.3, 0.4) is 0 Å². The number of aromatic nitrogens is 1. The van der Waals surface area contributed by atoms with Crippen LogP contribution in [-0.2, 0) is 9.53 Å². The highest BCUT2D eigenvalue weighted by atomic mass is 32.1. The molecule has 3 N–H and O–H groups in total. The van der Waals surface area contributed by atoms with Gasteiger partial charge in [0.15, 0.2) is 5.13 Å². The summed E-state index contributed by atoms with van der Waals surface area (Å²) in [7, 11) is 1.50. The topological polar surface area (TPSA) is 77.2 Å². The van der Waals surface area contributed by atoms with Gasteiger partial charge in [-0.25, -0.2) is 4.98 Å². The maximum absolute atomic E-state index is 11.3. The number of hydrogen-bond donors (Lipinski definition) is 2. The first-order valence-electron chi connectivity index (χ1n) is 3.69. The summed E-state index contributed by atoms with van der Waals surface area (Å²) >= 11 is 1.35. The highest BCUT2D eigenvalue weighted by Crippen LogP contribution is 2.09. The summed E-state index contributed by atoms with van der Waals surface area (Å²) in [6, 6.07) is -0.645. The van der Waals surface area contributed by atoms with Gasteiger partial charge in [-0.2, -0.15) is 0 Å². The molecule has 1 unspecified atom stereocenters. The molecule has 0 fully saturated rings. The molecule has 1 atom stereocenters. The fourth-order valence-electron chi connectivity index (χ4n) is 0.739. The van der Waals surface area contributed by atoms with E-state index in [9.17, 15) is 4.79 Å². The third-order valence-electron chi connectivity index (χ3n) is 1.35. The summed E-state index contributed by atoms with van der Waals surface area (Å²) in [6.07, 6.45) is 1.61. The molecule has 1 aromatic rings. The van der Waals surface area contributed by atoms with Crippen molar-refractivity contribution in [2.24, 2.45) is 5.73 Å². The lowest BCUT2D eigenvalue weighted by atomic mass is 10.3. The van der Waals surface area contributed by atoms with E-state index in [-0.39, 0.29) is 12.5 Å². The van der Waals surface area contributed by atoms with Crippen molar-refractivity contribution < 1.29 is 9.53 Å². The number of hydrogen-bond acceptors (Lipinski definition) is 5. The minimum Gasteiger partial charge on any atom is -0.383 e. The molecule has 1 amide bonds. The monoisotopic (exact) mass is 201 g/mol. The highest BCUT2D eigenvalue weighted by molar-refractivity contribution is 7.13. The van der Waals surface area contributed by atoms with Gasteiger partial charge in [0, 0.05) is 18.7 Å². The van der Waals surface area contributed by atoms with Crippen LogP contribution in [0.1, 0.15) is 0 Å². The van der Waals surface area contributed by atoms with Crippen molar-refractivity contribution in [3.8, 4) is 0 Å². The van der Waals surface area contributed by atoms with E-state index in [2.05, 4.69) is 10.3 Å². The number of anilines is 1. The number of thiazole rings is 1. The van der Waals surface area contributed by atoms with Crippen LogP contribution >= 0.6 is 11.3 Å². The van der Waals surface area contributed by atoms with E-state index in [4.69, 9.17) is 10.5 Å². The van der Waals surface area contributed by atoms with Gasteiger partial charge >= 0.3 is 0 Å². The predicted octanol–water partition coefficient (Wildman–Crippen LogP) is 0.0553. The van der Waals surface area contributed by atoms with Gasteiger partial charge in [0.1, 0.15) is 6.04 Å². The van der Waals surface area contributed by atoms with Gasteiger partial charge in [-0.15, -0.1) is 11.3 Å². The number of nitrogens with two attached hydrogens (primary N) is 1. The number of methoxy groups -OCH3 is 1. The maximum Gasteiger partial charge on any atom is 0.245 e. The smallest absolute Gasteiger partial charge is 0.245 e. The number of nitrogens with one attached hydrogen (secondary N) is 1. The van der Waals surface area contributed by atoms with E-state index in [0.29, 0.717) is 5.13 Å². The number of carbonyl (C=O) groups excluding carboxylic acids is 1. The number of amides is 1. The van der Waals surface area contributed by atoms with Crippen molar-refractivity contribution >= 4 is 22.4 Å². The molecule has 0 saturated carbocycles. The Morgan fingerprint density at radius 2 is 2.69 bits per heavy atom. The Kier molecular flexibility index (Phi) is 3.81. The van der Waals surface area contributed by atoms with Crippen LogP contribution in [0.15, 0.2) is 11.6 Å². The van der Waals surface area contributed by atoms with Crippen LogP contribution in [0.25, 0.3) is 0 Å².